The molecule has 0 spiro atoms. The Morgan fingerprint density at radius 3 is 2.20 bits per heavy atom. The Bertz CT molecular complexity index is 785. The van der Waals surface area contributed by atoms with E-state index in [0.717, 1.165) is 22.1 Å². The van der Waals surface area contributed by atoms with Crippen molar-refractivity contribution in [3.8, 4) is 0 Å². The Labute approximate surface area is 118 Å². The minimum atomic E-state index is 0.0944. The van der Waals surface area contributed by atoms with Gasteiger partial charge in [0.25, 0.3) is 0 Å². The lowest BCUT2D eigenvalue weighted by molar-refractivity contribution is 0.103. The molecule has 98 valence electrons. The smallest absolute Gasteiger partial charge is 0.193 e. The highest BCUT2D eigenvalue weighted by molar-refractivity contribution is 6.12. The highest BCUT2D eigenvalue weighted by Gasteiger charge is 2.14. The monoisotopic (exact) mass is 260 g/mol. The van der Waals surface area contributed by atoms with E-state index >= 15 is 0 Å². The fraction of sp³-hybridized carbons (Fsp3) is 0.105. The Hall–Kier alpha value is -2.41. The second-order valence-electron chi connectivity index (χ2n) is 5.09. The first-order valence-electron chi connectivity index (χ1n) is 6.77. The van der Waals surface area contributed by atoms with Gasteiger partial charge in [0.05, 0.1) is 0 Å². The number of aryl methyl sites for hydroxylation is 1. The van der Waals surface area contributed by atoms with Gasteiger partial charge in [-0.3, -0.25) is 4.79 Å². The summed E-state index contributed by atoms with van der Waals surface area (Å²) in [6, 6.07) is 19.7. The molecule has 0 heterocycles. The molecule has 3 rings (SSSR count). The SMILES string of the molecule is Cc1c(C(=O)c2ccccc2)cc2ccccc2c1C. The highest BCUT2D eigenvalue weighted by atomic mass is 16.1. The van der Waals surface area contributed by atoms with Crippen LogP contribution in [-0.2, 0) is 0 Å². The molecule has 0 aromatic heterocycles. The summed E-state index contributed by atoms with van der Waals surface area (Å²) < 4.78 is 0. The molecule has 3 aromatic carbocycles. The Kier molecular flexibility index (Phi) is 3.11. The number of rotatable bonds is 2. The van der Waals surface area contributed by atoms with E-state index in [4.69, 9.17) is 0 Å². The Morgan fingerprint density at radius 2 is 1.45 bits per heavy atom. The zero-order valence-corrected chi connectivity index (χ0v) is 11.7. The number of hydrogen-bond donors (Lipinski definition) is 0. The number of carbonyl (C=O) groups excluding carboxylic acids is 1. The van der Waals surface area contributed by atoms with Gasteiger partial charge in [0.1, 0.15) is 0 Å². The third-order valence-corrected chi connectivity index (χ3v) is 3.91. The molecular weight excluding hydrogens is 244 g/mol. The molecule has 0 N–H and O–H groups in total. The first-order valence-corrected chi connectivity index (χ1v) is 6.77. The fourth-order valence-electron chi connectivity index (χ4n) is 2.61. The van der Waals surface area contributed by atoms with Crippen molar-refractivity contribution in [2.75, 3.05) is 0 Å². The summed E-state index contributed by atoms with van der Waals surface area (Å²) in [6.07, 6.45) is 0. The molecule has 0 saturated carbocycles. The van der Waals surface area contributed by atoms with Crippen molar-refractivity contribution in [3.63, 3.8) is 0 Å². The van der Waals surface area contributed by atoms with Gasteiger partial charge in [0.2, 0.25) is 0 Å². The summed E-state index contributed by atoms with van der Waals surface area (Å²) in [4.78, 5) is 12.7. The van der Waals surface area contributed by atoms with Gasteiger partial charge < -0.3 is 0 Å². The van der Waals surface area contributed by atoms with E-state index in [1.54, 1.807) is 0 Å². The quantitative estimate of drug-likeness (QED) is 0.611. The van der Waals surface area contributed by atoms with Crippen LogP contribution >= 0.6 is 0 Å². The van der Waals surface area contributed by atoms with Crippen molar-refractivity contribution < 1.29 is 4.79 Å². The zero-order valence-electron chi connectivity index (χ0n) is 11.7. The minimum Gasteiger partial charge on any atom is -0.289 e. The molecule has 0 saturated heterocycles. The lowest BCUT2D eigenvalue weighted by Crippen LogP contribution is -2.05. The predicted molar refractivity (Wildman–Crippen MR) is 83.3 cm³/mol. The average Bonchev–Trinajstić information content (AvgIpc) is 2.51. The maximum Gasteiger partial charge on any atom is 0.193 e. The lowest BCUT2D eigenvalue weighted by Gasteiger charge is -2.12. The molecule has 0 aliphatic rings. The van der Waals surface area contributed by atoms with Crippen LogP contribution in [0.25, 0.3) is 10.8 Å². The number of benzene rings is 3. The van der Waals surface area contributed by atoms with Crippen molar-refractivity contribution in [2.45, 2.75) is 13.8 Å². The predicted octanol–water partition coefficient (Wildman–Crippen LogP) is 4.69. The molecule has 0 aliphatic heterocycles. The van der Waals surface area contributed by atoms with Gasteiger partial charge in [0.15, 0.2) is 5.78 Å². The highest BCUT2D eigenvalue weighted by Crippen LogP contribution is 2.26. The van der Waals surface area contributed by atoms with Crippen molar-refractivity contribution in [1.82, 2.24) is 0 Å². The van der Waals surface area contributed by atoms with Crippen LogP contribution in [0.3, 0.4) is 0 Å². The first kappa shape index (κ1) is 12.6. The van der Waals surface area contributed by atoms with Crippen LogP contribution in [0.5, 0.6) is 0 Å². The summed E-state index contributed by atoms with van der Waals surface area (Å²) in [5, 5.41) is 2.34. The maximum absolute atomic E-state index is 12.7. The molecular formula is C19H16O. The third-order valence-electron chi connectivity index (χ3n) is 3.91. The van der Waals surface area contributed by atoms with E-state index in [9.17, 15) is 4.79 Å². The van der Waals surface area contributed by atoms with Gasteiger partial charge in [-0.25, -0.2) is 0 Å². The van der Waals surface area contributed by atoms with Gasteiger partial charge in [-0.15, -0.1) is 0 Å². The van der Waals surface area contributed by atoms with E-state index in [2.05, 4.69) is 19.1 Å². The number of ketones is 1. The molecule has 0 radical (unpaired) electrons. The molecule has 3 aromatic rings. The summed E-state index contributed by atoms with van der Waals surface area (Å²) in [7, 11) is 0. The van der Waals surface area contributed by atoms with E-state index in [-0.39, 0.29) is 5.78 Å². The summed E-state index contributed by atoms with van der Waals surface area (Å²) in [5.74, 6) is 0.0944. The lowest BCUT2D eigenvalue weighted by atomic mass is 9.91. The topological polar surface area (TPSA) is 17.1 Å². The first-order chi connectivity index (χ1) is 9.68. The Balaban J connectivity index is 2.22. The van der Waals surface area contributed by atoms with Gasteiger partial charge in [-0.1, -0.05) is 54.6 Å². The summed E-state index contributed by atoms with van der Waals surface area (Å²) in [5.41, 5.74) is 3.79. The molecule has 0 aliphatic carbocycles. The standard InChI is InChI=1S/C19H16O/c1-13-14(2)18(12-16-10-6-7-11-17(13)16)19(20)15-8-4-3-5-9-15/h3-12H,1-2H3. The Morgan fingerprint density at radius 1 is 0.800 bits per heavy atom. The number of hydrogen-bond acceptors (Lipinski definition) is 1. The van der Waals surface area contributed by atoms with E-state index < -0.39 is 0 Å². The van der Waals surface area contributed by atoms with Gasteiger partial charge in [-0.2, -0.15) is 0 Å². The van der Waals surface area contributed by atoms with Crippen molar-refractivity contribution in [2.24, 2.45) is 0 Å². The number of fused-ring (bicyclic) bond motifs is 1. The van der Waals surface area contributed by atoms with Crippen LogP contribution in [0.4, 0.5) is 0 Å². The second-order valence-corrected chi connectivity index (χ2v) is 5.09. The van der Waals surface area contributed by atoms with Crippen molar-refractivity contribution >= 4 is 16.6 Å². The van der Waals surface area contributed by atoms with Crippen LogP contribution in [0, 0.1) is 13.8 Å². The maximum atomic E-state index is 12.7. The van der Waals surface area contributed by atoms with E-state index in [0.29, 0.717) is 0 Å². The van der Waals surface area contributed by atoms with Gasteiger partial charge in [0, 0.05) is 11.1 Å². The normalized spacial score (nSPS) is 10.7. The minimum absolute atomic E-state index is 0.0944. The summed E-state index contributed by atoms with van der Waals surface area (Å²) in [6.45, 7) is 4.11. The molecule has 1 heteroatoms. The van der Waals surface area contributed by atoms with Crippen molar-refractivity contribution in [3.05, 3.63) is 82.9 Å². The van der Waals surface area contributed by atoms with Crippen LogP contribution in [0.15, 0.2) is 60.7 Å². The van der Waals surface area contributed by atoms with Gasteiger partial charge in [-0.05, 0) is 41.8 Å². The van der Waals surface area contributed by atoms with Crippen LogP contribution in [-0.4, -0.2) is 5.78 Å². The summed E-state index contributed by atoms with van der Waals surface area (Å²) >= 11 is 0. The molecule has 0 atom stereocenters. The van der Waals surface area contributed by atoms with E-state index in [1.807, 2.05) is 55.5 Å². The average molecular weight is 260 g/mol. The molecule has 1 nitrogen and oxygen atoms in total. The van der Waals surface area contributed by atoms with E-state index in [1.165, 1.54) is 10.9 Å². The number of carbonyl (C=O) groups is 1. The van der Waals surface area contributed by atoms with Crippen LogP contribution in [0.1, 0.15) is 27.0 Å². The largest absolute Gasteiger partial charge is 0.289 e. The third kappa shape index (κ3) is 2.01. The molecule has 0 unspecified atom stereocenters. The molecule has 0 fully saturated rings. The fourth-order valence-corrected chi connectivity index (χ4v) is 2.61. The zero-order chi connectivity index (χ0) is 14.1. The van der Waals surface area contributed by atoms with Gasteiger partial charge >= 0.3 is 0 Å². The van der Waals surface area contributed by atoms with Crippen LogP contribution in [0.2, 0.25) is 0 Å². The molecule has 0 bridgehead atoms. The second kappa shape index (κ2) is 4.93. The molecule has 20 heavy (non-hydrogen) atoms. The molecule has 0 amide bonds. The van der Waals surface area contributed by atoms with Crippen molar-refractivity contribution in [1.29, 1.82) is 0 Å². The van der Waals surface area contributed by atoms with Crippen LogP contribution < -0.4 is 0 Å².